The number of nitrogens with two attached hydrogens (primary N) is 1. The van der Waals surface area contributed by atoms with Crippen molar-refractivity contribution in [2.75, 3.05) is 0 Å². The van der Waals surface area contributed by atoms with Crippen molar-refractivity contribution in [3.8, 4) is 10.9 Å². The van der Waals surface area contributed by atoms with Gasteiger partial charge in [0.2, 0.25) is 0 Å². The molecule has 0 unspecified atom stereocenters. The minimum atomic E-state index is 0.508. The van der Waals surface area contributed by atoms with Gasteiger partial charge in [-0.1, -0.05) is 19.1 Å². The lowest BCUT2D eigenvalue weighted by Gasteiger charge is -2.02. The molecule has 0 aliphatic carbocycles. The standard InChI is InChI=1S/C12H15N3OS/c1-2-4-11-14-12(17-15-11)16-10-6-3-5-9(7-10)8-13/h3,5-7H,2,4,8,13H2,1H3. The highest BCUT2D eigenvalue weighted by Gasteiger charge is 2.05. The monoisotopic (exact) mass is 249 g/mol. The number of benzene rings is 1. The molecule has 0 radical (unpaired) electrons. The first-order chi connectivity index (χ1) is 8.31. The average molecular weight is 249 g/mol. The van der Waals surface area contributed by atoms with Crippen LogP contribution >= 0.6 is 11.5 Å². The Morgan fingerprint density at radius 2 is 2.29 bits per heavy atom. The molecule has 5 heteroatoms. The molecule has 0 saturated heterocycles. The van der Waals surface area contributed by atoms with E-state index in [2.05, 4.69) is 16.3 Å². The summed E-state index contributed by atoms with van der Waals surface area (Å²) in [6.45, 7) is 2.61. The zero-order valence-corrected chi connectivity index (χ0v) is 10.5. The third-order valence-electron chi connectivity index (χ3n) is 2.26. The second kappa shape index (κ2) is 5.75. The van der Waals surface area contributed by atoms with Crippen molar-refractivity contribution in [2.24, 2.45) is 5.73 Å². The molecule has 0 bridgehead atoms. The molecule has 0 spiro atoms. The van der Waals surface area contributed by atoms with Crippen LogP contribution in [0.1, 0.15) is 24.7 Å². The van der Waals surface area contributed by atoms with Gasteiger partial charge in [-0.2, -0.15) is 9.36 Å². The Morgan fingerprint density at radius 3 is 3.06 bits per heavy atom. The van der Waals surface area contributed by atoms with Crippen LogP contribution in [0.4, 0.5) is 0 Å². The maximum Gasteiger partial charge on any atom is 0.298 e. The van der Waals surface area contributed by atoms with E-state index in [9.17, 15) is 0 Å². The molecule has 90 valence electrons. The van der Waals surface area contributed by atoms with Gasteiger partial charge in [0.15, 0.2) is 0 Å². The Morgan fingerprint density at radius 1 is 1.41 bits per heavy atom. The Balaban J connectivity index is 2.08. The number of hydrogen-bond donors (Lipinski definition) is 1. The van der Waals surface area contributed by atoms with Gasteiger partial charge >= 0.3 is 0 Å². The molecule has 4 nitrogen and oxygen atoms in total. The van der Waals surface area contributed by atoms with Crippen LogP contribution in [0.15, 0.2) is 24.3 Å². The zero-order valence-electron chi connectivity index (χ0n) is 9.72. The number of aryl methyl sites for hydroxylation is 1. The summed E-state index contributed by atoms with van der Waals surface area (Å²) in [5.74, 6) is 1.61. The summed E-state index contributed by atoms with van der Waals surface area (Å²) >= 11 is 1.28. The average Bonchev–Trinajstić information content (AvgIpc) is 2.77. The van der Waals surface area contributed by atoms with E-state index in [4.69, 9.17) is 10.5 Å². The van der Waals surface area contributed by atoms with Gasteiger partial charge in [-0.3, -0.25) is 0 Å². The lowest BCUT2D eigenvalue weighted by molar-refractivity contribution is 0.476. The van der Waals surface area contributed by atoms with Crippen LogP contribution in [0.2, 0.25) is 0 Å². The fourth-order valence-electron chi connectivity index (χ4n) is 1.44. The number of hydrogen-bond acceptors (Lipinski definition) is 5. The van der Waals surface area contributed by atoms with E-state index in [1.165, 1.54) is 11.5 Å². The molecule has 0 amide bonds. The van der Waals surface area contributed by atoms with Crippen LogP contribution in [0.25, 0.3) is 0 Å². The number of ether oxygens (including phenoxy) is 1. The third kappa shape index (κ3) is 3.25. The number of nitrogens with zero attached hydrogens (tertiary/aromatic N) is 2. The van der Waals surface area contributed by atoms with Crippen LogP contribution in [0.5, 0.6) is 10.9 Å². The van der Waals surface area contributed by atoms with Crippen molar-refractivity contribution in [1.82, 2.24) is 9.36 Å². The predicted octanol–water partition coefficient (Wildman–Crippen LogP) is 2.74. The van der Waals surface area contributed by atoms with E-state index in [-0.39, 0.29) is 0 Å². The lowest BCUT2D eigenvalue weighted by Crippen LogP contribution is -1.96. The van der Waals surface area contributed by atoms with Gasteiger partial charge in [-0.15, -0.1) is 0 Å². The molecular weight excluding hydrogens is 234 g/mol. The number of rotatable bonds is 5. The maximum atomic E-state index is 5.64. The molecule has 2 aromatic rings. The highest BCUT2D eigenvalue weighted by atomic mass is 32.1. The Kier molecular flexibility index (Phi) is 4.06. The molecule has 0 aliphatic rings. The smallest absolute Gasteiger partial charge is 0.298 e. The van der Waals surface area contributed by atoms with Gasteiger partial charge < -0.3 is 10.5 Å². The molecule has 17 heavy (non-hydrogen) atoms. The molecule has 1 aromatic carbocycles. The predicted molar refractivity (Wildman–Crippen MR) is 68.3 cm³/mol. The molecule has 2 rings (SSSR count). The second-order valence-electron chi connectivity index (χ2n) is 3.68. The Bertz CT molecular complexity index is 484. The Hall–Kier alpha value is -1.46. The normalized spacial score (nSPS) is 10.5. The summed E-state index contributed by atoms with van der Waals surface area (Å²) in [6, 6.07) is 7.70. The highest BCUT2D eigenvalue weighted by Crippen LogP contribution is 2.24. The first kappa shape index (κ1) is 12.0. The van der Waals surface area contributed by atoms with Crippen molar-refractivity contribution in [3.05, 3.63) is 35.7 Å². The summed E-state index contributed by atoms with van der Waals surface area (Å²) in [5, 5.41) is 0.586. The Labute approximate surface area is 105 Å². The van der Waals surface area contributed by atoms with Gasteiger partial charge in [0.1, 0.15) is 11.6 Å². The largest absolute Gasteiger partial charge is 0.430 e. The van der Waals surface area contributed by atoms with Crippen LogP contribution in [-0.4, -0.2) is 9.36 Å². The van der Waals surface area contributed by atoms with Gasteiger partial charge in [0.25, 0.3) is 5.19 Å². The lowest BCUT2D eigenvalue weighted by atomic mass is 10.2. The van der Waals surface area contributed by atoms with E-state index in [0.717, 1.165) is 30.0 Å². The summed E-state index contributed by atoms with van der Waals surface area (Å²) < 4.78 is 9.86. The van der Waals surface area contributed by atoms with E-state index >= 15 is 0 Å². The molecular formula is C12H15N3OS. The third-order valence-corrected chi connectivity index (χ3v) is 2.90. The summed E-state index contributed by atoms with van der Waals surface area (Å²) in [5.41, 5.74) is 6.62. The van der Waals surface area contributed by atoms with Crippen LogP contribution in [-0.2, 0) is 13.0 Å². The van der Waals surface area contributed by atoms with Gasteiger partial charge in [0, 0.05) is 24.5 Å². The summed E-state index contributed by atoms with van der Waals surface area (Å²) in [4.78, 5) is 4.30. The maximum absolute atomic E-state index is 5.64. The second-order valence-corrected chi connectivity index (χ2v) is 4.39. The highest BCUT2D eigenvalue weighted by molar-refractivity contribution is 7.07. The first-order valence-corrected chi connectivity index (χ1v) is 6.38. The van der Waals surface area contributed by atoms with Crippen LogP contribution < -0.4 is 10.5 Å². The first-order valence-electron chi connectivity index (χ1n) is 5.61. The molecule has 0 fully saturated rings. The van der Waals surface area contributed by atoms with Crippen molar-refractivity contribution >= 4 is 11.5 Å². The van der Waals surface area contributed by atoms with Crippen LogP contribution in [0.3, 0.4) is 0 Å². The molecule has 0 atom stereocenters. The van der Waals surface area contributed by atoms with E-state index in [0.29, 0.717) is 11.7 Å². The molecule has 1 aromatic heterocycles. The van der Waals surface area contributed by atoms with Gasteiger partial charge in [-0.05, 0) is 24.1 Å². The van der Waals surface area contributed by atoms with Gasteiger partial charge in [0.05, 0.1) is 0 Å². The number of aromatic nitrogens is 2. The van der Waals surface area contributed by atoms with E-state index in [1.54, 1.807) is 0 Å². The fourth-order valence-corrected chi connectivity index (χ4v) is 2.04. The van der Waals surface area contributed by atoms with Gasteiger partial charge in [-0.25, -0.2) is 0 Å². The van der Waals surface area contributed by atoms with E-state index < -0.39 is 0 Å². The van der Waals surface area contributed by atoms with Crippen molar-refractivity contribution in [1.29, 1.82) is 0 Å². The summed E-state index contributed by atoms with van der Waals surface area (Å²) in [6.07, 6.45) is 1.93. The molecule has 1 heterocycles. The SMILES string of the molecule is CCCc1nsc(Oc2cccc(CN)c2)n1. The minimum absolute atomic E-state index is 0.508. The zero-order chi connectivity index (χ0) is 12.1. The van der Waals surface area contributed by atoms with E-state index in [1.807, 2.05) is 24.3 Å². The summed E-state index contributed by atoms with van der Waals surface area (Å²) in [7, 11) is 0. The van der Waals surface area contributed by atoms with Crippen LogP contribution in [0, 0.1) is 0 Å². The topological polar surface area (TPSA) is 61.0 Å². The molecule has 0 saturated carbocycles. The minimum Gasteiger partial charge on any atom is -0.430 e. The van der Waals surface area contributed by atoms with Crippen molar-refractivity contribution in [2.45, 2.75) is 26.3 Å². The van der Waals surface area contributed by atoms with Crippen molar-refractivity contribution in [3.63, 3.8) is 0 Å². The quantitative estimate of drug-likeness (QED) is 0.885. The molecule has 0 aliphatic heterocycles. The van der Waals surface area contributed by atoms with Crippen molar-refractivity contribution < 1.29 is 4.74 Å². The molecule has 2 N–H and O–H groups in total. The fraction of sp³-hybridized carbons (Fsp3) is 0.333.